The highest BCUT2D eigenvalue weighted by molar-refractivity contribution is 5.52. The monoisotopic (exact) mass is 268 g/mol. The lowest BCUT2D eigenvalue weighted by Crippen LogP contribution is -2.02. The van der Waals surface area contributed by atoms with Gasteiger partial charge in [0.1, 0.15) is 11.6 Å². The van der Waals surface area contributed by atoms with E-state index in [2.05, 4.69) is 10.2 Å². The fourth-order valence-corrected chi connectivity index (χ4v) is 2.26. The van der Waals surface area contributed by atoms with Gasteiger partial charge in [0.05, 0.1) is 12.8 Å². The van der Waals surface area contributed by atoms with Crippen LogP contribution in [0.15, 0.2) is 36.4 Å². The van der Waals surface area contributed by atoms with Gasteiger partial charge in [0, 0.05) is 12.1 Å². The van der Waals surface area contributed by atoms with Crippen molar-refractivity contribution in [2.45, 2.75) is 13.3 Å². The molecule has 0 bridgehead atoms. The first-order chi connectivity index (χ1) is 9.69. The Balaban J connectivity index is 1.99. The van der Waals surface area contributed by atoms with Crippen molar-refractivity contribution in [3.63, 3.8) is 0 Å². The minimum absolute atomic E-state index is 0.704. The second kappa shape index (κ2) is 4.85. The minimum atomic E-state index is 0.704. The van der Waals surface area contributed by atoms with Crippen LogP contribution in [0.1, 0.15) is 17.1 Å². The molecule has 0 saturated carbocycles. The number of ether oxygens (including phenoxy) is 1. The van der Waals surface area contributed by atoms with Crippen molar-refractivity contribution in [3.05, 3.63) is 53.5 Å². The molecule has 0 aliphatic rings. The van der Waals surface area contributed by atoms with Crippen molar-refractivity contribution in [1.82, 2.24) is 14.6 Å². The lowest BCUT2D eigenvalue weighted by Gasteiger charge is -2.07. The van der Waals surface area contributed by atoms with Gasteiger partial charge in [-0.2, -0.15) is 0 Å². The number of hydrogen-bond donors (Lipinski definition) is 1. The molecule has 20 heavy (non-hydrogen) atoms. The number of fused-ring (bicyclic) bond motifs is 1. The van der Waals surface area contributed by atoms with Gasteiger partial charge < -0.3 is 10.5 Å². The number of nitrogens with zero attached hydrogens (tertiary/aromatic N) is 3. The molecule has 2 N–H and O–H groups in total. The summed E-state index contributed by atoms with van der Waals surface area (Å²) in [5, 5.41) is 8.44. The van der Waals surface area contributed by atoms with Gasteiger partial charge in [0.15, 0.2) is 5.65 Å². The molecule has 0 unspecified atom stereocenters. The molecule has 0 fully saturated rings. The zero-order valence-electron chi connectivity index (χ0n) is 11.5. The van der Waals surface area contributed by atoms with E-state index in [4.69, 9.17) is 10.5 Å². The number of nitrogens with two attached hydrogens (primary N) is 1. The molecule has 0 amide bonds. The standard InChI is InChI=1S/C15H16N4O/c1-10-13(16)7-8-14-17-18-15(19(10)14)9-11-3-5-12(20-2)6-4-11/h3-8H,9,16H2,1-2H3. The fourth-order valence-electron chi connectivity index (χ4n) is 2.26. The average molecular weight is 268 g/mol. The highest BCUT2D eigenvalue weighted by atomic mass is 16.5. The summed E-state index contributed by atoms with van der Waals surface area (Å²) in [5.41, 5.74) is 9.64. The van der Waals surface area contributed by atoms with Crippen LogP contribution in [0.4, 0.5) is 5.69 Å². The summed E-state index contributed by atoms with van der Waals surface area (Å²) in [5.74, 6) is 1.73. The molecule has 0 aliphatic heterocycles. The molecule has 2 aromatic heterocycles. The van der Waals surface area contributed by atoms with E-state index in [0.29, 0.717) is 6.42 Å². The van der Waals surface area contributed by atoms with E-state index in [0.717, 1.165) is 34.2 Å². The van der Waals surface area contributed by atoms with Crippen LogP contribution in [0.3, 0.4) is 0 Å². The molecule has 1 aromatic carbocycles. The smallest absolute Gasteiger partial charge is 0.161 e. The van der Waals surface area contributed by atoms with Gasteiger partial charge in [-0.15, -0.1) is 10.2 Å². The number of anilines is 1. The number of methoxy groups -OCH3 is 1. The lowest BCUT2D eigenvalue weighted by atomic mass is 10.1. The number of aryl methyl sites for hydroxylation is 1. The second-order valence-corrected chi connectivity index (χ2v) is 4.71. The van der Waals surface area contributed by atoms with Gasteiger partial charge in [-0.3, -0.25) is 4.40 Å². The number of nitrogen functional groups attached to an aromatic ring is 1. The summed E-state index contributed by atoms with van der Waals surface area (Å²) in [6.45, 7) is 1.98. The van der Waals surface area contributed by atoms with E-state index in [1.807, 2.05) is 47.7 Å². The molecule has 3 rings (SSSR count). The largest absolute Gasteiger partial charge is 0.497 e. The Bertz CT molecular complexity index is 746. The maximum absolute atomic E-state index is 5.95. The molecule has 0 saturated heterocycles. The molecule has 2 heterocycles. The molecule has 0 atom stereocenters. The summed E-state index contributed by atoms with van der Waals surface area (Å²) in [7, 11) is 1.66. The summed E-state index contributed by atoms with van der Waals surface area (Å²) < 4.78 is 7.16. The van der Waals surface area contributed by atoms with Crippen molar-refractivity contribution < 1.29 is 4.74 Å². The maximum atomic E-state index is 5.95. The van der Waals surface area contributed by atoms with Gasteiger partial charge in [-0.05, 0) is 36.8 Å². The van der Waals surface area contributed by atoms with Crippen LogP contribution in [-0.2, 0) is 6.42 Å². The van der Waals surface area contributed by atoms with E-state index in [1.165, 1.54) is 0 Å². The predicted octanol–water partition coefficient (Wildman–Crippen LogP) is 2.22. The van der Waals surface area contributed by atoms with E-state index >= 15 is 0 Å². The normalized spacial score (nSPS) is 10.9. The van der Waals surface area contributed by atoms with Crippen LogP contribution in [0.5, 0.6) is 5.75 Å². The van der Waals surface area contributed by atoms with E-state index in [-0.39, 0.29) is 0 Å². The summed E-state index contributed by atoms with van der Waals surface area (Å²) in [4.78, 5) is 0. The van der Waals surface area contributed by atoms with Crippen molar-refractivity contribution in [3.8, 4) is 5.75 Å². The molecule has 5 nitrogen and oxygen atoms in total. The van der Waals surface area contributed by atoms with Crippen LogP contribution >= 0.6 is 0 Å². The number of benzene rings is 1. The zero-order chi connectivity index (χ0) is 14.1. The van der Waals surface area contributed by atoms with Crippen molar-refractivity contribution >= 4 is 11.3 Å². The van der Waals surface area contributed by atoms with Crippen LogP contribution in [0.2, 0.25) is 0 Å². The van der Waals surface area contributed by atoms with Gasteiger partial charge >= 0.3 is 0 Å². The van der Waals surface area contributed by atoms with Gasteiger partial charge in [0.2, 0.25) is 0 Å². The first-order valence-corrected chi connectivity index (χ1v) is 6.41. The first kappa shape index (κ1) is 12.5. The molecule has 102 valence electrons. The molecule has 3 aromatic rings. The third kappa shape index (κ3) is 2.07. The highest BCUT2D eigenvalue weighted by Gasteiger charge is 2.10. The van der Waals surface area contributed by atoms with Crippen molar-refractivity contribution in [1.29, 1.82) is 0 Å². The molecule has 5 heteroatoms. The molecular formula is C15H16N4O. The van der Waals surface area contributed by atoms with Gasteiger partial charge in [0.25, 0.3) is 0 Å². The maximum Gasteiger partial charge on any atom is 0.161 e. The Morgan fingerprint density at radius 3 is 2.55 bits per heavy atom. The summed E-state index contributed by atoms with van der Waals surface area (Å²) in [6.07, 6.45) is 0.704. The Labute approximate surface area is 117 Å². The number of pyridine rings is 1. The van der Waals surface area contributed by atoms with Crippen molar-refractivity contribution in [2.75, 3.05) is 12.8 Å². The summed E-state index contributed by atoms with van der Waals surface area (Å²) in [6, 6.07) is 11.7. The van der Waals surface area contributed by atoms with Crippen LogP contribution < -0.4 is 10.5 Å². The highest BCUT2D eigenvalue weighted by Crippen LogP contribution is 2.18. The lowest BCUT2D eigenvalue weighted by molar-refractivity contribution is 0.414. The second-order valence-electron chi connectivity index (χ2n) is 4.71. The first-order valence-electron chi connectivity index (χ1n) is 6.41. The minimum Gasteiger partial charge on any atom is -0.497 e. The van der Waals surface area contributed by atoms with E-state index < -0.39 is 0 Å². The Kier molecular flexibility index (Phi) is 3.02. The van der Waals surface area contributed by atoms with E-state index in [9.17, 15) is 0 Å². The third-order valence-corrected chi connectivity index (χ3v) is 3.44. The zero-order valence-corrected chi connectivity index (χ0v) is 11.5. The topological polar surface area (TPSA) is 65.4 Å². The van der Waals surface area contributed by atoms with Crippen LogP contribution in [0, 0.1) is 6.92 Å². The molecular weight excluding hydrogens is 252 g/mol. The summed E-state index contributed by atoms with van der Waals surface area (Å²) >= 11 is 0. The number of hydrogen-bond acceptors (Lipinski definition) is 4. The third-order valence-electron chi connectivity index (χ3n) is 3.44. The van der Waals surface area contributed by atoms with Crippen LogP contribution in [-0.4, -0.2) is 21.7 Å². The Hall–Kier alpha value is -2.56. The van der Waals surface area contributed by atoms with Crippen molar-refractivity contribution in [2.24, 2.45) is 0 Å². The Morgan fingerprint density at radius 2 is 1.85 bits per heavy atom. The number of rotatable bonds is 3. The Morgan fingerprint density at radius 1 is 1.10 bits per heavy atom. The van der Waals surface area contributed by atoms with Gasteiger partial charge in [-0.1, -0.05) is 12.1 Å². The number of aromatic nitrogens is 3. The fraction of sp³-hybridized carbons (Fsp3) is 0.200. The van der Waals surface area contributed by atoms with E-state index in [1.54, 1.807) is 7.11 Å². The average Bonchev–Trinajstić information content (AvgIpc) is 2.87. The SMILES string of the molecule is COc1ccc(Cc2nnc3ccc(N)c(C)n23)cc1. The quantitative estimate of drug-likeness (QED) is 0.791. The molecule has 0 radical (unpaired) electrons. The molecule has 0 aliphatic carbocycles. The van der Waals surface area contributed by atoms with Gasteiger partial charge in [-0.25, -0.2) is 0 Å². The van der Waals surface area contributed by atoms with Crippen LogP contribution in [0.25, 0.3) is 5.65 Å². The molecule has 0 spiro atoms. The predicted molar refractivity (Wildman–Crippen MR) is 77.9 cm³/mol.